The van der Waals surface area contributed by atoms with Crippen LogP contribution in [0.1, 0.15) is 27.2 Å². The van der Waals surface area contributed by atoms with Crippen LogP contribution in [0.5, 0.6) is 5.75 Å². The molecule has 0 aliphatic carbocycles. The van der Waals surface area contributed by atoms with E-state index < -0.39 is 17.2 Å². The summed E-state index contributed by atoms with van der Waals surface area (Å²) in [7, 11) is 0. The Balaban J connectivity index is 1.75. The number of carbonyl (C=O) groups excluding carboxylic acids is 1. The van der Waals surface area contributed by atoms with Crippen LogP contribution >= 0.6 is 0 Å². The van der Waals surface area contributed by atoms with E-state index in [9.17, 15) is 19.5 Å². The van der Waals surface area contributed by atoms with E-state index in [1.54, 1.807) is 12.1 Å². The van der Waals surface area contributed by atoms with Crippen LogP contribution in [0.15, 0.2) is 64.2 Å². The summed E-state index contributed by atoms with van der Waals surface area (Å²) in [5.41, 5.74) is 0.811. The molecule has 2 aromatic carbocycles. The number of H-pyrrole nitrogens is 2. The molecule has 0 aliphatic rings. The van der Waals surface area contributed by atoms with Gasteiger partial charge >= 0.3 is 11.7 Å². The quantitative estimate of drug-likeness (QED) is 0.605. The molecule has 1 aromatic heterocycles. The Labute approximate surface area is 147 Å². The van der Waals surface area contributed by atoms with Crippen molar-refractivity contribution in [3.05, 3.63) is 97.8 Å². The maximum atomic E-state index is 12.3. The minimum absolute atomic E-state index is 0.0191. The van der Waals surface area contributed by atoms with Gasteiger partial charge in [-0.25, -0.2) is 9.59 Å². The van der Waals surface area contributed by atoms with Crippen LogP contribution in [0.3, 0.4) is 0 Å². The van der Waals surface area contributed by atoms with Crippen molar-refractivity contribution in [2.75, 3.05) is 0 Å². The molecule has 0 saturated heterocycles. The number of hydrogen-bond donors (Lipinski definition) is 3. The molecule has 26 heavy (non-hydrogen) atoms. The van der Waals surface area contributed by atoms with Crippen molar-refractivity contribution in [1.82, 2.24) is 9.97 Å². The number of aromatic hydroxyl groups is 1. The Morgan fingerprint density at radius 1 is 0.962 bits per heavy atom. The van der Waals surface area contributed by atoms with E-state index >= 15 is 0 Å². The van der Waals surface area contributed by atoms with Crippen LogP contribution in [0.2, 0.25) is 0 Å². The standard InChI is InChI=1S/C19H16N2O5/c22-16-7-6-13(8-12-4-2-1-3-5-12)9-15(16)18(24)26-11-14-10-17(23)21-19(25)20-14/h1-7,9-10,22H,8,11H2,(H2,20,21,23,25). The maximum Gasteiger partial charge on any atom is 0.342 e. The zero-order chi connectivity index (χ0) is 18.5. The van der Waals surface area contributed by atoms with Crippen LogP contribution in [-0.2, 0) is 17.8 Å². The van der Waals surface area contributed by atoms with E-state index in [2.05, 4.69) is 4.98 Å². The number of nitrogens with one attached hydrogen (secondary N) is 2. The molecular weight excluding hydrogens is 336 g/mol. The second kappa shape index (κ2) is 7.52. The van der Waals surface area contributed by atoms with Crippen molar-refractivity contribution in [2.45, 2.75) is 13.0 Å². The number of rotatable bonds is 5. The largest absolute Gasteiger partial charge is 0.507 e. The van der Waals surface area contributed by atoms with Gasteiger partial charge in [-0.05, 0) is 29.7 Å². The number of hydrogen-bond acceptors (Lipinski definition) is 5. The third-order valence-electron chi connectivity index (χ3n) is 3.71. The van der Waals surface area contributed by atoms with Gasteiger partial charge in [0, 0.05) is 6.07 Å². The number of carbonyl (C=O) groups is 1. The van der Waals surface area contributed by atoms with Crippen molar-refractivity contribution in [1.29, 1.82) is 0 Å². The van der Waals surface area contributed by atoms with Gasteiger partial charge in [-0.15, -0.1) is 0 Å². The topological polar surface area (TPSA) is 112 Å². The Bertz CT molecular complexity index is 1010. The molecule has 0 atom stereocenters. The van der Waals surface area contributed by atoms with Crippen LogP contribution in [0, 0.1) is 0 Å². The highest BCUT2D eigenvalue weighted by molar-refractivity contribution is 5.92. The lowest BCUT2D eigenvalue weighted by Crippen LogP contribution is -2.23. The first-order valence-corrected chi connectivity index (χ1v) is 7.87. The molecule has 0 spiro atoms. The average Bonchev–Trinajstić information content (AvgIpc) is 2.61. The average molecular weight is 352 g/mol. The van der Waals surface area contributed by atoms with Gasteiger partial charge < -0.3 is 14.8 Å². The Hall–Kier alpha value is -3.61. The molecule has 0 amide bonds. The van der Waals surface area contributed by atoms with Crippen LogP contribution < -0.4 is 11.2 Å². The van der Waals surface area contributed by atoms with Gasteiger partial charge in [0.05, 0.1) is 5.69 Å². The fourth-order valence-corrected chi connectivity index (χ4v) is 2.51. The maximum absolute atomic E-state index is 12.3. The SMILES string of the molecule is O=C(OCc1cc(=O)[nH]c(=O)[nH]1)c1cc(Cc2ccccc2)ccc1O. The molecule has 0 saturated carbocycles. The van der Waals surface area contributed by atoms with Gasteiger partial charge in [-0.1, -0.05) is 36.4 Å². The molecule has 0 fully saturated rings. The molecule has 7 nitrogen and oxygen atoms in total. The molecule has 0 bridgehead atoms. The van der Waals surface area contributed by atoms with Crippen LogP contribution in [-0.4, -0.2) is 21.0 Å². The van der Waals surface area contributed by atoms with E-state index in [-0.39, 0.29) is 23.6 Å². The molecular formula is C19H16N2O5. The van der Waals surface area contributed by atoms with Crippen molar-refractivity contribution < 1.29 is 14.6 Å². The highest BCUT2D eigenvalue weighted by Crippen LogP contribution is 2.21. The Morgan fingerprint density at radius 3 is 2.46 bits per heavy atom. The van der Waals surface area contributed by atoms with Crippen molar-refractivity contribution in [3.63, 3.8) is 0 Å². The smallest absolute Gasteiger partial charge is 0.342 e. The molecule has 3 N–H and O–H groups in total. The number of benzene rings is 2. The summed E-state index contributed by atoms with van der Waals surface area (Å²) in [5.74, 6) is -0.954. The third-order valence-corrected chi connectivity index (χ3v) is 3.71. The minimum Gasteiger partial charge on any atom is -0.507 e. The summed E-state index contributed by atoms with van der Waals surface area (Å²) in [4.78, 5) is 39.1. The van der Waals surface area contributed by atoms with Crippen LogP contribution in [0.4, 0.5) is 0 Å². The second-order valence-electron chi connectivity index (χ2n) is 5.70. The fraction of sp³-hybridized carbons (Fsp3) is 0.105. The van der Waals surface area contributed by atoms with E-state index in [1.807, 2.05) is 35.3 Å². The molecule has 0 aliphatic heterocycles. The third kappa shape index (κ3) is 4.27. The Kier molecular flexibility index (Phi) is 4.98. The normalized spacial score (nSPS) is 10.5. The number of phenolic OH excluding ortho intramolecular Hbond substituents is 1. The van der Waals surface area contributed by atoms with Gasteiger partial charge in [-0.3, -0.25) is 9.78 Å². The number of aromatic nitrogens is 2. The van der Waals surface area contributed by atoms with E-state index in [0.717, 1.165) is 17.2 Å². The van der Waals surface area contributed by atoms with Crippen molar-refractivity contribution >= 4 is 5.97 Å². The highest BCUT2D eigenvalue weighted by atomic mass is 16.5. The van der Waals surface area contributed by atoms with Gasteiger partial charge in [-0.2, -0.15) is 0 Å². The summed E-state index contributed by atoms with van der Waals surface area (Å²) >= 11 is 0. The number of ether oxygens (including phenoxy) is 1. The molecule has 132 valence electrons. The molecule has 3 aromatic rings. The number of esters is 1. The summed E-state index contributed by atoms with van der Waals surface area (Å²) in [5, 5.41) is 9.94. The predicted molar refractivity (Wildman–Crippen MR) is 94.2 cm³/mol. The monoisotopic (exact) mass is 352 g/mol. The minimum atomic E-state index is -0.751. The van der Waals surface area contributed by atoms with Crippen molar-refractivity contribution in [2.24, 2.45) is 0 Å². The Morgan fingerprint density at radius 2 is 1.73 bits per heavy atom. The summed E-state index contributed by atoms with van der Waals surface area (Å²) in [6.07, 6.45) is 0.600. The zero-order valence-electron chi connectivity index (χ0n) is 13.7. The lowest BCUT2D eigenvalue weighted by Gasteiger charge is -2.09. The van der Waals surface area contributed by atoms with Gasteiger partial charge in [0.1, 0.15) is 17.9 Å². The molecule has 0 radical (unpaired) electrons. The lowest BCUT2D eigenvalue weighted by atomic mass is 10.0. The fourth-order valence-electron chi connectivity index (χ4n) is 2.51. The summed E-state index contributed by atoms with van der Waals surface area (Å²) < 4.78 is 5.09. The van der Waals surface area contributed by atoms with Crippen LogP contribution in [0.25, 0.3) is 0 Å². The first-order chi connectivity index (χ1) is 12.5. The van der Waals surface area contributed by atoms with Gasteiger partial charge in [0.2, 0.25) is 0 Å². The molecule has 1 heterocycles. The summed E-state index contributed by atoms with van der Waals surface area (Å²) in [6, 6.07) is 15.5. The first kappa shape index (κ1) is 17.2. The molecule has 3 rings (SSSR count). The van der Waals surface area contributed by atoms with Crippen molar-refractivity contribution in [3.8, 4) is 5.75 Å². The second-order valence-corrected chi connectivity index (χ2v) is 5.70. The number of phenols is 1. The van der Waals surface area contributed by atoms with E-state index in [1.165, 1.54) is 6.07 Å². The summed E-state index contributed by atoms with van der Waals surface area (Å²) in [6.45, 7) is -0.291. The van der Waals surface area contributed by atoms with Gasteiger partial charge in [0.25, 0.3) is 5.56 Å². The first-order valence-electron chi connectivity index (χ1n) is 7.87. The predicted octanol–water partition coefficient (Wildman–Crippen LogP) is 1.72. The highest BCUT2D eigenvalue weighted by Gasteiger charge is 2.14. The van der Waals surface area contributed by atoms with E-state index in [0.29, 0.717) is 6.42 Å². The lowest BCUT2D eigenvalue weighted by molar-refractivity contribution is 0.0463. The molecule has 7 heteroatoms. The number of aromatic amines is 2. The van der Waals surface area contributed by atoms with Gasteiger partial charge in [0.15, 0.2) is 0 Å². The molecule has 0 unspecified atom stereocenters. The van der Waals surface area contributed by atoms with E-state index in [4.69, 9.17) is 4.74 Å². The zero-order valence-corrected chi connectivity index (χ0v) is 13.7.